The molecule has 0 aliphatic carbocycles. The van der Waals surface area contributed by atoms with Crippen LogP contribution in [0, 0.1) is 0 Å². The van der Waals surface area contributed by atoms with Crippen molar-refractivity contribution in [2.45, 2.75) is 19.8 Å². The smallest absolute Gasteiger partial charge is 0.413 e. The maximum atomic E-state index is 11.7. The molecule has 0 atom stereocenters. The van der Waals surface area contributed by atoms with Crippen LogP contribution >= 0.6 is 22.9 Å². The summed E-state index contributed by atoms with van der Waals surface area (Å²) in [5.41, 5.74) is 0. The zero-order valence-corrected chi connectivity index (χ0v) is 13.3. The molecule has 2 amide bonds. The molecule has 9 heteroatoms. The first-order valence-electron chi connectivity index (χ1n) is 6.33. The summed E-state index contributed by atoms with van der Waals surface area (Å²) in [5, 5.41) is 1.87. The van der Waals surface area contributed by atoms with Gasteiger partial charge in [-0.2, -0.15) is 0 Å². The van der Waals surface area contributed by atoms with Gasteiger partial charge < -0.3 is 9.47 Å². The lowest BCUT2D eigenvalue weighted by atomic mass is 10.2. The Morgan fingerprint density at radius 1 is 1.18 bits per heavy atom. The molecule has 0 aromatic carbocycles. The number of amides is 2. The molecule has 0 saturated heterocycles. The molecule has 0 bridgehead atoms. The van der Waals surface area contributed by atoms with Crippen molar-refractivity contribution in [1.82, 2.24) is 5.32 Å². The third-order valence-electron chi connectivity index (χ3n) is 2.29. The van der Waals surface area contributed by atoms with Gasteiger partial charge in [0.05, 0.1) is 22.2 Å². The Hall–Kier alpha value is -1.93. The van der Waals surface area contributed by atoms with E-state index >= 15 is 0 Å². The van der Waals surface area contributed by atoms with Gasteiger partial charge in [0.1, 0.15) is 0 Å². The maximum absolute atomic E-state index is 11.7. The molecule has 0 aliphatic heterocycles. The van der Waals surface area contributed by atoms with Crippen LogP contribution in [-0.4, -0.2) is 37.0 Å². The Bertz CT molecular complexity index is 571. The predicted octanol–water partition coefficient (Wildman–Crippen LogP) is 2.18. The second-order valence-electron chi connectivity index (χ2n) is 3.96. The van der Waals surface area contributed by atoms with Gasteiger partial charge in [0, 0.05) is 6.42 Å². The molecule has 22 heavy (non-hydrogen) atoms. The van der Waals surface area contributed by atoms with Crippen molar-refractivity contribution in [3.63, 3.8) is 0 Å². The van der Waals surface area contributed by atoms with Crippen LogP contribution in [0.3, 0.4) is 0 Å². The van der Waals surface area contributed by atoms with E-state index in [9.17, 15) is 19.2 Å². The number of carbonyl (C=O) groups is 4. The van der Waals surface area contributed by atoms with Crippen molar-refractivity contribution in [3.8, 4) is 0 Å². The number of Topliss-reactive ketones (excluding diaryl/α,β-unsaturated/α-hetero) is 1. The fraction of sp³-hybridized carbons (Fsp3) is 0.385. The summed E-state index contributed by atoms with van der Waals surface area (Å²) in [6.45, 7) is 1.09. The molecule has 1 aromatic heterocycles. The van der Waals surface area contributed by atoms with E-state index in [-0.39, 0.29) is 25.2 Å². The van der Waals surface area contributed by atoms with Gasteiger partial charge >= 0.3 is 12.1 Å². The summed E-state index contributed by atoms with van der Waals surface area (Å²) in [4.78, 5) is 45.7. The fourth-order valence-electron chi connectivity index (χ4n) is 1.34. The zero-order valence-electron chi connectivity index (χ0n) is 11.7. The number of halogens is 1. The number of esters is 1. The maximum Gasteiger partial charge on any atom is 0.413 e. The Morgan fingerprint density at radius 3 is 2.50 bits per heavy atom. The van der Waals surface area contributed by atoms with Crippen LogP contribution in [0.2, 0.25) is 4.34 Å². The number of hydrogen-bond donors (Lipinski definition) is 1. The molecular weight excluding hydrogens is 334 g/mol. The number of ketones is 1. The van der Waals surface area contributed by atoms with E-state index < -0.39 is 24.6 Å². The van der Waals surface area contributed by atoms with Crippen molar-refractivity contribution in [2.24, 2.45) is 0 Å². The van der Waals surface area contributed by atoms with Crippen LogP contribution in [0.4, 0.5) is 4.79 Å². The van der Waals surface area contributed by atoms with E-state index in [0.29, 0.717) is 9.21 Å². The van der Waals surface area contributed by atoms with Gasteiger partial charge in [-0.3, -0.25) is 19.7 Å². The Labute approximate surface area is 135 Å². The second-order valence-corrected chi connectivity index (χ2v) is 5.67. The Balaban J connectivity index is 2.24. The van der Waals surface area contributed by atoms with Gasteiger partial charge in [-0.15, -0.1) is 11.3 Å². The SMILES string of the molecule is CCOC(=O)NC(=O)COC(=O)CCC(=O)c1ccc(Cl)s1. The summed E-state index contributed by atoms with van der Waals surface area (Å²) in [5.74, 6) is -1.75. The van der Waals surface area contributed by atoms with Crippen molar-refractivity contribution in [2.75, 3.05) is 13.2 Å². The standard InChI is InChI=1S/C13H14ClNO6S/c1-2-20-13(19)15-11(17)7-21-12(18)6-3-8(16)9-4-5-10(14)22-9/h4-5H,2-3,6-7H2,1H3,(H,15,17,19). The summed E-state index contributed by atoms with van der Waals surface area (Å²) in [6.07, 6.45) is -1.12. The third kappa shape index (κ3) is 6.68. The topological polar surface area (TPSA) is 98.8 Å². The van der Waals surface area contributed by atoms with Crippen LogP contribution in [0.1, 0.15) is 29.4 Å². The number of carbonyl (C=O) groups excluding carboxylic acids is 4. The van der Waals surface area contributed by atoms with Gasteiger partial charge in [0.2, 0.25) is 0 Å². The summed E-state index contributed by atoms with van der Waals surface area (Å²) in [7, 11) is 0. The molecular formula is C13H14ClNO6S. The number of alkyl carbamates (subject to hydrolysis) is 1. The van der Waals surface area contributed by atoms with Crippen molar-refractivity contribution in [1.29, 1.82) is 0 Å². The molecule has 1 rings (SSSR count). The zero-order chi connectivity index (χ0) is 16.5. The van der Waals surface area contributed by atoms with Crippen LogP contribution in [-0.2, 0) is 19.1 Å². The lowest BCUT2D eigenvalue weighted by Gasteiger charge is -2.05. The van der Waals surface area contributed by atoms with E-state index in [1.807, 2.05) is 5.32 Å². The fourth-order valence-corrected chi connectivity index (χ4v) is 2.35. The number of imide groups is 1. The molecule has 0 saturated carbocycles. The molecule has 1 aromatic rings. The quantitative estimate of drug-likeness (QED) is 0.599. The molecule has 0 spiro atoms. The van der Waals surface area contributed by atoms with Crippen molar-refractivity contribution in [3.05, 3.63) is 21.3 Å². The summed E-state index contributed by atoms with van der Waals surface area (Å²) in [6, 6.07) is 3.17. The van der Waals surface area contributed by atoms with Crippen LogP contribution in [0.15, 0.2) is 12.1 Å². The minimum atomic E-state index is -0.909. The first kappa shape index (κ1) is 18.1. The largest absolute Gasteiger partial charge is 0.456 e. The third-order valence-corrected chi connectivity index (χ3v) is 3.56. The minimum Gasteiger partial charge on any atom is -0.456 e. The molecule has 0 unspecified atom stereocenters. The average Bonchev–Trinajstić information content (AvgIpc) is 2.89. The Morgan fingerprint density at radius 2 is 1.91 bits per heavy atom. The number of hydrogen-bond acceptors (Lipinski definition) is 7. The van der Waals surface area contributed by atoms with Gasteiger partial charge in [-0.05, 0) is 19.1 Å². The monoisotopic (exact) mass is 347 g/mol. The lowest BCUT2D eigenvalue weighted by molar-refractivity contribution is -0.148. The highest BCUT2D eigenvalue weighted by Crippen LogP contribution is 2.22. The summed E-state index contributed by atoms with van der Waals surface area (Å²) < 4.78 is 9.61. The predicted molar refractivity (Wildman–Crippen MR) is 79.0 cm³/mol. The van der Waals surface area contributed by atoms with Gasteiger partial charge in [-0.1, -0.05) is 11.6 Å². The lowest BCUT2D eigenvalue weighted by Crippen LogP contribution is -2.34. The number of thiophene rings is 1. The van der Waals surface area contributed by atoms with E-state index in [0.717, 1.165) is 11.3 Å². The highest BCUT2D eigenvalue weighted by molar-refractivity contribution is 7.18. The highest BCUT2D eigenvalue weighted by atomic mass is 35.5. The van der Waals surface area contributed by atoms with E-state index in [2.05, 4.69) is 9.47 Å². The van der Waals surface area contributed by atoms with E-state index in [1.165, 1.54) is 0 Å². The second kappa shape index (κ2) is 9.16. The van der Waals surface area contributed by atoms with Gasteiger partial charge in [0.15, 0.2) is 12.4 Å². The van der Waals surface area contributed by atoms with E-state index in [4.69, 9.17) is 11.6 Å². The molecule has 1 heterocycles. The number of ether oxygens (including phenoxy) is 2. The molecule has 0 fully saturated rings. The number of rotatable bonds is 7. The highest BCUT2D eigenvalue weighted by Gasteiger charge is 2.14. The molecule has 7 nitrogen and oxygen atoms in total. The van der Waals surface area contributed by atoms with Gasteiger partial charge in [0.25, 0.3) is 5.91 Å². The number of nitrogens with one attached hydrogen (secondary N) is 1. The molecule has 0 aliphatic rings. The molecule has 0 radical (unpaired) electrons. The van der Waals surface area contributed by atoms with Crippen molar-refractivity contribution >= 4 is 46.7 Å². The van der Waals surface area contributed by atoms with E-state index in [1.54, 1.807) is 19.1 Å². The summed E-state index contributed by atoms with van der Waals surface area (Å²) >= 11 is 6.83. The van der Waals surface area contributed by atoms with Crippen LogP contribution in [0.5, 0.6) is 0 Å². The first-order valence-corrected chi connectivity index (χ1v) is 7.52. The van der Waals surface area contributed by atoms with Gasteiger partial charge in [-0.25, -0.2) is 4.79 Å². The minimum absolute atomic E-state index is 0.0465. The normalized spacial score (nSPS) is 9.91. The Kier molecular flexibility index (Phi) is 7.55. The van der Waals surface area contributed by atoms with Crippen molar-refractivity contribution < 1.29 is 28.7 Å². The average molecular weight is 348 g/mol. The molecule has 1 N–H and O–H groups in total. The molecule has 120 valence electrons. The first-order chi connectivity index (χ1) is 10.4. The van der Waals surface area contributed by atoms with Crippen LogP contribution < -0.4 is 5.32 Å². The van der Waals surface area contributed by atoms with Crippen LogP contribution in [0.25, 0.3) is 0 Å².